The molecule has 1 spiro atoms. The van der Waals surface area contributed by atoms with Gasteiger partial charge in [0.2, 0.25) is 0 Å². The normalized spacial score (nSPS) is 26.8. The van der Waals surface area contributed by atoms with E-state index in [4.69, 9.17) is 0 Å². The van der Waals surface area contributed by atoms with Gasteiger partial charge in [-0.2, -0.15) is 0 Å². The lowest BCUT2D eigenvalue weighted by molar-refractivity contribution is -0.895. The van der Waals surface area contributed by atoms with Gasteiger partial charge >= 0.3 is 6.03 Å². The first kappa shape index (κ1) is 12.3. The number of piperidine rings is 1. The third-order valence-electron chi connectivity index (χ3n) is 3.30. The Bertz CT molecular complexity index is 294. The van der Waals surface area contributed by atoms with Gasteiger partial charge in [-0.05, 0) is 0 Å². The van der Waals surface area contributed by atoms with Crippen molar-refractivity contribution >= 4 is 11.9 Å². The number of carbonyl (C=O) groups excluding carboxylic acids is 2. The molecule has 2 saturated heterocycles. The molecule has 2 fully saturated rings. The number of likely N-dealkylation sites (tertiary alicyclic amines) is 1. The molecular formula is C9H16ClN3O2. The zero-order valence-corrected chi connectivity index (χ0v) is 9.73. The van der Waals surface area contributed by atoms with Crippen LogP contribution in [0.15, 0.2) is 0 Å². The van der Waals surface area contributed by atoms with E-state index >= 15 is 0 Å². The second-order valence-electron chi connectivity index (χ2n) is 4.87. The fourth-order valence-electron chi connectivity index (χ4n) is 2.10. The molecule has 0 aromatic carbocycles. The Kier molecular flexibility index (Phi) is 2.98. The van der Waals surface area contributed by atoms with Crippen LogP contribution in [0.2, 0.25) is 0 Å². The number of nitrogens with one attached hydrogen (secondary N) is 2. The number of quaternary nitrogens is 1. The van der Waals surface area contributed by atoms with E-state index in [1.807, 2.05) is 0 Å². The third-order valence-corrected chi connectivity index (χ3v) is 3.30. The molecule has 2 aliphatic rings. The van der Waals surface area contributed by atoms with E-state index < -0.39 is 5.54 Å². The van der Waals surface area contributed by atoms with Crippen molar-refractivity contribution in [3.05, 3.63) is 0 Å². The number of hydrogen-bond donors (Lipinski definition) is 2. The van der Waals surface area contributed by atoms with E-state index in [2.05, 4.69) is 24.7 Å². The van der Waals surface area contributed by atoms with Crippen LogP contribution in [0, 0.1) is 0 Å². The minimum Gasteiger partial charge on any atom is -1.00 e. The van der Waals surface area contributed by atoms with Crippen molar-refractivity contribution in [2.24, 2.45) is 0 Å². The van der Waals surface area contributed by atoms with Crippen molar-refractivity contribution in [1.82, 2.24) is 10.6 Å². The lowest BCUT2D eigenvalue weighted by Gasteiger charge is -2.40. The molecule has 0 saturated carbocycles. The van der Waals surface area contributed by atoms with Gasteiger partial charge in [0.25, 0.3) is 5.91 Å². The quantitative estimate of drug-likeness (QED) is 0.336. The van der Waals surface area contributed by atoms with Gasteiger partial charge in [-0.15, -0.1) is 0 Å². The highest BCUT2D eigenvalue weighted by molar-refractivity contribution is 6.07. The summed E-state index contributed by atoms with van der Waals surface area (Å²) in [7, 11) is 4.28. The monoisotopic (exact) mass is 233 g/mol. The second kappa shape index (κ2) is 3.64. The largest absolute Gasteiger partial charge is 1.00 e. The molecule has 0 atom stereocenters. The Morgan fingerprint density at radius 2 is 1.73 bits per heavy atom. The van der Waals surface area contributed by atoms with Crippen LogP contribution in [0.4, 0.5) is 4.79 Å². The summed E-state index contributed by atoms with van der Waals surface area (Å²) in [5.74, 6) is -0.151. The fourth-order valence-corrected chi connectivity index (χ4v) is 2.10. The summed E-state index contributed by atoms with van der Waals surface area (Å²) < 4.78 is 0.922. The van der Waals surface area contributed by atoms with Crippen molar-refractivity contribution in [1.29, 1.82) is 0 Å². The summed E-state index contributed by atoms with van der Waals surface area (Å²) in [6.07, 6.45) is 1.47. The standard InChI is InChI=1S/C9H15N3O2.ClH/c1-12(2)5-3-9(4-6-12)7(13)10-8(14)11-9;/h3-6H2,1-2H3,(H-,10,11,13,14);1H. The van der Waals surface area contributed by atoms with Crippen LogP contribution in [-0.2, 0) is 4.79 Å². The van der Waals surface area contributed by atoms with Crippen LogP contribution in [0.5, 0.6) is 0 Å². The van der Waals surface area contributed by atoms with E-state index in [1.54, 1.807) is 0 Å². The summed E-state index contributed by atoms with van der Waals surface area (Å²) in [5, 5.41) is 5.06. The van der Waals surface area contributed by atoms with Crippen LogP contribution >= 0.6 is 0 Å². The number of hydrogen-bond acceptors (Lipinski definition) is 2. The van der Waals surface area contributed by atoms with Gasteiger partial charge in [0, 0.05) is 12.8 Å². The molecule has 15 heavy (non-hydrogen) atoms. The summed E-state index contributed by atoms with van der Waals surface area (Å²) in [6, 6.07) is -0.345. The van der Waals surface area contributed by atoms with E-state index in [1.165, 1.54) is 0 Å². The highest BCUT2D eigenvalue weighted by Gasteiger charge is 2.50. The number of urea groups is 1. The lowest BCUT2D eigenvalue weighted by Crippen LogP contribution is -3.00. The lowest BCUT2D eigenvalue weighted by atomic mass is 9.87. The first-order chi connectivity index (χ1) is 6.44. The van der Waals surface area contributed by atoms with E-state index in [-0.39, 0.29) is 24.3 Å². The van der Waals surface area contributed by atoms with Crippen LogP contribution in [0.3, 0.4) is 0 Å². The Hall–Kier alpha value is -0.810. The maximum Gasteiger partial charge on any atom is 0.322 e. The van der Waals surface area contributed by atoms with Gasteiger partial charge < -0.3 is 22.2 Å². The number of amides is 3. The van der Waals surface area contributed by atoms with Crippen LogP contribution in [0.1, 0.15) is 12.8 Å². The van der Waals surface area contributed by atoms with Gasteiger partial charge in [0.05, 0.1) is 27.2 Å². The van der Waals surface area contributed by atoms with Crippen LogP contribution in [0.25, 0.3) is 0 Å². The number of imide groups is 1. The van der Waals surface area contributed by atoms with Gasteiger partial charge in [-0.25, -0.2) is 4.79 Å². The number of nitrogens with zero attached hydrogens (tertiary/aromatic N) is 1. The molecule has 0 aliphatic carbocycles. The predicted octanol–water partition coefficient (Wildman–Crippen LogP) is -3.56. The van der Waals surface area contributed by atoms with Crippen LogP contribution in [-0.4, -0.2) is 49.1 Å². The highest BCUT2D eigenvalue weighted by Crippen LogP contribution is 2.27. The molecular weight excluding hydrogens is 218 g/mol. The molecule has 0 aromatic heterocycles. The van der Waals surface area contributed by atoms with Crippen molar-refractivity contribution in [3.63, 3.8) is 0 Å². The number of carbonyl (C=O) groups is 2. The molecule has 2 aliphatic heterocycles. The zero-order valence-electron chi connectivity index (χ0n) is 8.97. The maximum atomic E-state index is 11.6. The van der Waals surface area contributed by atoms with Gasteiger partial charge in [0.15, 0.2) is 0 Å². The first-order valence-corrected chi connectivity index (χ1v) is 4.89. The zero-order chi connectivity index (χ0) is 10.4. The average Bonchev–Trinajstić information content (AvgIpc) is 2.35. The smallest absolute Gasteiger partial charge is 0.322 e. The predicted molar refractivity (Wildman–Crippen MR) is 50.5 cm³/mol. The minimum absolute atomic E-state index is 0. The van der Waals surface area contributed by atoms with Crippen molar-refractivity contribution in [3.8, 4) is 0 Å². The minimum atomic E-state index is -0.606. The first-order valence-electron chi connectivity index (χ1n) is 4.89. The SMILES string of the molecule is C[N+]1(C)CCC2(CC1)NC(=O)NC2=O.[Cl-]. The molecule has 0 bridgehead atoms. The number of halogens is 1. The maximum absolute atomic E-state index is 11.6. The van der Waals surface area contributed by atoms with Gasteiger partial charge in [0.1, 0.15) is 5.54 Å². The topological polar surface area (TPSA) is 58.2 Å². The van der Waals surface area contributed by atoms with E-state index in [0.717, 1.165) is 30.4 Å². The molecule has 86 valence electrons. The molecule has 3 amide bonds. The van der Waals surface area contributed by atoms with Crippen molar-refractivity contribution in [2.75, 3.05) is 27.2 Å². The van der Waals surface area contributed by atoms with Gasteiger partial charge in [-0.3, -0.25) is 10.1 Å². The molecule has 0 unspecified atom stereocenters. The molecule has 6 heteroatoms. The van der Waals surface area contributed by atoms with Crippen molar-refractivity contribution in [2.45, 2.75) is 18.4 Å². The van der Waals surface area contributed by atoms with Crippen LogP contribution < -0.4 is 23.0 Å². The van der Waals surface area contributed by atoms with Gasteiger partial charge in [-0.1, -0.05) is 0 Å². The Labute approximate surface area is 95.2 Å². The Morgan fingerprint density at radius 3 is 2.13 bits per heavy atom. The molecule has 2 rings (SSSR count). The second-order valence-corrected chi connectivity index (χ2v) is 4.87. The molecule has 2 heterocycles. The average molecular weight is 234 g/mol. The van der Waals surface area contributed by atoms with E-state index in [0.29, 0.717) is 0 Å². The number of rotatable bonds is 0. The molecule has 0 aromatic rings. The van der Waals surface area contributed by atoms with E-state index in [9.17, 15) is 9.59 Å². The van der Waals surface area contributed by atoms with Crippen molar-refractivity contribution < 1.29 is 26.5 Å². The fraction of sp³-hybridized carbons (Fsp3) is 0.778. The Balaban J connectivity index is 0.00000112. The summed E-state index contributed by atoms with van der Waals surface area (Å²) in [5.41, 5.74) is -0.606. The molecule has 2 N–H and O–H groups in total. The molecule has 5 nitrogen and oxygen atoms in total. The molecule has 0 radical (unpaired) electrons. The highest BCUT2D eigenvalue weighted by atomic mass is 35.5. The summed E-state index contributed by atoms with van der Waals surface area (Å²) in [6.45, 7) is 1.85. The Morgan fingerprint density at radius 1 is 1.20 bits per heavy atom. The third kappa shape index (κ3) is 2.08. The summed E-state index contributed by atoms with van der Waals surface area (Å²) >= 11 is 0. The summed E-state index contributed by atoms with van der Waals surface area (Å²) in [4.78, 5) is 22.6.